The Balaban J connectivity index is 2.10. The van der Waals surface area contributed by atoms with Crippen LogP contribution in [0.1, 0.15) is 5.56 Å². The highest BCUT2D eigenvalue weighted by Crippen LogP contribution is 2.36. The number of fused-ring (bicyclic) bond motifs is 5. The molecule has 0 unspecified atom stereocenters. The van der Waals surface area contributed by atoms with E-state index in [0.717, 1.165) is 0 Å². The van der Waals surface area contributed by atoms with Crippen molar-refractivity contribution in [3.05, 3.63) is 90.5 Å². The van der Waals surface area contributed by atoms with Crippen LogP contribution in [0.25, 0.3) is 38.3 Å². The molecule has 4 aromatic carbocycles. The third-order valence-electron chi connectivity index (χ3n) is 4.82. The Morgan fingerprint density at radius 1 is 0.625 bits per heavy atom. The van der Waals surface area contributed by atoms with E-state index in [1.807, 2.05) is 0 Å². The summed E-state index contributed by atoms with van der Waals surface area (Å²) in [7, 11) is 0. The zero-order valence-electron chi connectivity index (χ0n) is 13.5. The maximum absolute atomic E-state index is 2.40. The summed E-state index contributed by atoms with van der Waals surface area (Å²) in [5.74, 6) is 0. The third kappa shape index (κ3) is 1.82. The van der Waals surface area contributed by atoms with Crippen molar-refractivity contribution in [2.24, 2.45) is 0 Å². The van der Waals surface area contributed by atoms with Gasteiger partial charge in [-0.05, 0) is 36.1 Å². The molecule has 0 amide bonds. The van der Waals surface area contributed by atoms with E-state index < -0.39 is 0 Å². The summed E-state index contributed by atoms with van der Waals surface area (Å²) in [5, 5.41) is 5.20. The van der Waals surface area contributed by atoms with Crippen molar-refractivity contribution in [3.8, 4) is 5.69 Å². The molecule has 0 aliphatic heterocycles. The molecule has 0 saturated heterocycles. The monoisotopic (exact) mass is 307 g/mol. The van der Waals surface area contributed by atoms with Gasteiger partial charge in [-0.1, -0.05) is 66.7 Å². The van der Waals surface area contributed by atoms with Crippen molar-refractivity contribution in [2.45, 2.75) is 6.92 Å². The van der Waals surface area contributed by atoms with Gasteiger partial charge >= 0.3 is 0 Å². The Morgan fingerprint density at radius 2 is 1.38 bits per heavy atom. The van der Waals surface area contributed by atoms with E-state index in [4.69, 9.17) is 0 Å². The van der Waals surface area contributed by atoms with Crippen LogP contribution < -0.4 is 0 Å². The van der Waals surface area contributed by atoms with Gasteiger partial charge in [0.15, 0.2) is 0 Å². The molecule has 1 nitrogen and oxygen atoms in total. The highest BCUT2D eigenvalue weighted by Gasteiger charge is 2.14. The van der Waals surface area contributed by atoms with E-state index in [1.54, 1.807) is 0 Å². The first-order valence-electron chi connectivity index (χ1n) is 8.31. The lowest BCUT2D eigenvalue weighted by atomic mass is 10.1. The van der Waals surface area contributed by atoms with Gasteiger partial charge in [0.2, 0.25) is 0 Å². The van der Waals surface area contributed by atoms with Gasteiger partial charge in [-0.3, -0.25) is 0 Å². The molecular weight excluding hydrogens is 290 g/mol. The van der Waals surface area contributed by atoms with Crippen LogP contribution in [0.2, 0.25) is 0 Å². The number of hydrogen-bond acceptors (Lipinski definition) is 0. The van der Waals surface area contributed by atoms with Crippen LogP contribution in [0.5, 0.6) is 0 Å². The lowest BCUT2D eigenvalue weighted by Crippen LogP contribution is -1.94. The van der Waals surface area contributed by atoms with E-state index in [2.05, 4.69) is 96.4 Å². The van der Waals surface area contributed by atoms with Crippen LogP contribution in [0.15, 0.2) is 84.9 Å². The molecule has 0 aliphatic carbocycles. The van der Waals surface area contributed by atoms with Crippen LogP contribution in [-0.2, 0) is 0 Å². The molecule has 0 fully saturated rings. The lowest BCUT2D eigenvalue weighted by molar-refractivity contribution is 1.18. The molecule has 5 aromatic rings. The molecule has 0 spiro atoms. The molecule has 114 valence electrons. The summed E-state index contributed by atoms with van der Waals surface area (Å²) in [4.78, 5) is 0. The molecule has 0 saturated carbocycles. The second-order valence-electron chi connectivity index (χ2n) is 6.37. The van der Waals surface area contributed by atoms with Gasteiger partial charge < -0.3 is 4.57 Å². The molecule has 0 N–H and O–H groups in total. The van der Waals surface area contributed by atoms with Crippen molar-refractivity contribution < 1.29 is 0 Å². The summed E-state index contributed by atoms with van der Waals surface area (Å²) < 4.78 is 2.40. The van der Waals surface area contributed by atoms with Gasteiger partial charge in [0, 0.05) is 21.8 Å². The highest BCUT2D eigenvalue weighted by atomic mass is 15.0. The Morgan fingerprint density at radius 3 is 2.25 bits per heavy atom. The summed E-state index contributed by atoms with van der Waals surface area (Å²) >= 11 is 0. The maximum Gasteiger partial charge on any atom is 0.0619 e. The fourth-order valence-corrected chi connectivity index (χ4v) is 3.73. The first-order valence-corrected chi connectivity index (χ1v) is 8.31. The molecule has 0 aliphatic rings. The van der Waals surface area contributed by atoms with Crippen molar-refractivity contribution in [1.29, 1.82) is 0 Å². The average molecular weight is 307 g/mol. The van der Waals surface area contributed by atoms with E-state index in [0.29, 0.717) is 0 Å². The minimum atomic E-state index is 1.21. The van der Waals surface area contributed by atoms with Gasteiger partial charge in [0.1, 0.15) is 0 Å². The molecule has 0 bridgehead atoms. The van der Waals surface area contributed by atoms with E-state index in [-0.39, 0.29) is 0 Å². The van der Waals surface area contributed by atoms with Crippen LogP contribution in [-0.4, -0.2) is 4.57 Å². The number of para-hydroxylation sites is 1. The maximum atomic E-state index is 2.40. The van der Waals surface area contributed by atoms with Gasteiger partial charge in [-0.15, -0.1) is 0 Å². The molecule has 0 radical (unpaired) electrons. The number of nitrogens with zero attached hydrogens (tertiary/aromatic N) is 1. The summed E-state index contributed by atoms with van der Waals surface area (Å²) in [6.07, 6.45) is 0. The standard InChI is InChI=1S/C23H17N/c1-16-11-13-20-21-14-12-17-7-5-6-10-19(17)23(21)24(22(20)15-16)18-8-3-2-4-9-18/h2-15H,1H3. The Labute approximate surface area is 140 Å². The fraction of sp³-hybridized carbons (Fsp3) is 0.0435. The molecule has 5 rings (SSSR count). The van der Waals surface area contributed by atoms with Crippen molar-refractivity contribution in [2.75, 3.05) is 0 Å². The first-order chi connectivity index (χ1) is 11.8. The smallest absolute Gasteiger partial charge is 0.0619 e. The van der Waals surface area contributed by atoms with Crippen LogP contribution in [0, 0.1) is 6.92 Å². The molecule has 0 atom stereocenters. The summed E-state index contributed by atoms with van der Waals surface area (Å²) in [6, 6.07) is 30.5. The number of rotatable bonds is 1. The minimum Gasteiger partial charge on any atom is -0.309 e. The van der Waals surface area contributed by atoms with E-state index in [1.165, 1.54) is 43.8 Å². The molecular formula is C23H17N. The van der Waals surface area contributed by atoms with Crippen LogP contribution in [0.4, 0.5) is 0 Å². The van der Waals surface area contributed by atoms with Crippen molar-refractivity contribution in [1.82, 2.24) is 4.57 Å². The topological polar surface area (TPSA) is 4.93 Å². The summed E-state index contributed by atoms with van der Waals surface area (Å²) in [5.41, 5.74) is 5.05. The zero-order valence-corrected chi connectivity index (χ0v) is 13.5. The minimum absolute atomic E-state index is 1.21. The summed E-state index contributed by atoms with van der Waals surface area (Å²) in [6.45, 7) is 2.16. The van der Waals surface area contributed by atoms with Crippen molar-refractivity contribution >= 4 is 32.6 Å². The van der Waals surface area contributed by atoms with Gasteiger partial charge in [0.25, 0.3) is 0 Å². The number of aryl methyl sites for hydroxylation is 1. The lowest BCUT2D eigenvalue weighted by Gasteiger charge is -2.09. The van der Waals surface area contributed by atoms with Crippen LogP contribution in [0.3, 0.4) is 0 Å². The predicted octanol–water partition coefficient (Wildman–Crippen LogP) is 6.25. The average Bonchev–Trinajstić information content (AvgIpc) is 2.96. The second-order valence-corrected chi connectivity index (χ2v) is 6.37. The molecule has 24 heavy (non-hydrogen) atoms. The van der Waals surface area contributed by atoms with E-state index in [9.17, 15) is 0 Å². The normalized spacial score (nSPS) is 11.5. The van der Waals surface area contributed by atoms with E-state index >= 15 is 0 Å². The van der Waals surface area contributed by atoms with Gasteiger partial charge in [-0.25, -0.2) is 0 Å². The predicted molar refractivity (Wildman–Crippen MR) is 103 cm³/mol. The number of aromatic nitrogens is 1. The van der Waals surface area contributed by atoms with Gasteiger partial charge in [0.05, 0.1) is 11.0 Å². The Hall–Kier alpha value is -3.06. The number of benzene rings is 4. The Bertz CT molecular complexity index is 1200. The first kappa shape index (κ1) is 13.4. The fourth-order valence-electron chi connectivity index (χ4n) is 3.73. The molecule has 1 heteroatoms. The third-order valence-corrected chi connectivity index (χ3v) is 4.82. The van der Waals surface area contributed by atoms with Crippen LogP contribution >= 0.6 is 0 Å². The highest BCUT2D eigenvalue weighted by molar-refractivity contribution is 6.18. The SMILES string of the molecule is Cc1ccc2c3ccc4ccccc4c3n(-c3ccccc3)c2c1. The molecule has 1 aromatic heterocycles. The largest absolute Gasteiger partial charge is 0.309 e. The Kier molecular flexibility index (Phi) is 2.77. The quantitative estimate of drug-likeness (QED) is 0.345. The second kappa shape index (κ2) is 4.97. The van der Waals surface area contributed by atoms with Crippen molar-refractivity contribution in [3.63, 3.8) is 0 Å². The zero-order chi connectivity index (χ0) is 16.1. The van der Waals surface area contributed by atoms with Gasteiger partial charge in [-0.2, -0.15) is 0 Å². The molecule has 1 heterocycles. The number of hydrogen-bond donors (Lipinski definition) is 0.